The van der Waals surface area contributed by atoms with Crippen LogP contribution >= 0.6 is 0 Å². The van der Waals surface area contributed by atoms with E-state index < -0.39 is 0 Å². The van der Waals surface area contributed by atoms with Gasteiger partial charge in [0.2, 0.25) is 5.88 Å². The number of hydrogen-bond donors (Lipinski definition) is 2. The first kappa shape index (κ1) is 12.2. The van der Waals surface area contributed by atoms with Crippen molar-refractivity contribution in [3.63, 3.8) is 0 Å². The highest BCUT2D eigenvalue weighted by Gasteiger charge is 2.05. The zero-order valence-corrected chi connectivity index (χ0v) is 10.4. The second-order valence-corrected chi connectivity index (χ2v) is 4.03. The van der Waals surface area contributed by atoms with Crippen LogP contribution in [0.2, 0.25) is 0 Å². The highest BCUT2D eigenvalue weighted by atomic mass is 16.5. The van der Waals surface area contributed by atoms with Crippen LogP contribution in [-0.4, -0.2) is 9.97 Å². The summed E-state index contributed by atoms with van der Waals surface area (Å²) in [5, 5.41) is 0. The number of aromatic nitrogens is 2. The van der Waals surface area contributed by atoms with E-state index in [1.165, 1.54) is 6.07 Å². The Labute approximate surface area is 105 Å². The molecule has 2 rings (SSSR count). The summed E-state index contributed by atoms with van der Waals surface area (Å²) in [6.07, 6.45) is 0.635. The van der Waals surface area contributed by atoms with Gasteiger partial charge in [0.05, 0.1) is 11.8 Å². The lowest BCUT2D eigenvalue weighted by Crippen LogP contribution is -2.10. The van der Waals surface area contributed by atoms with Gasteiger partial charge < -0.3 is 15.5 Å². The Morgan fingerprint density at radius 3 is 2.83 bits per heavy atom. The van der Waals surface area contributed by atoms with Crippen molar-refractivity contribution in [1.82, 2.24) is 9.97 Å². The molecule has 0 bridgehead atoms. The molecular weight excluding hydrogens is 230 g/mol. The molecule has 5 nitrogen and oxygen atoms in total. The molecule has 0 spiro atoms. The van der Waals surface area contributed by atoms with Gasteiger partial charge in [0.1, 0.15) is 5.82 Å². The monoisotopic (exact) mass is 245 g/mol. The summed E-state index contributed by atoms with van der Waals surface area (Å²) in [5.74, 6) is 1.34. The van der Waals surface area contributed by atoms with Crippen LogP contribution in [0.3, 0.4) is 0 Å². The Bertz CT molecular complexity index is 620. The fraction of sp³-hybridized carbons (Fsp3) is 0.231. The number of nitrogens with two attached hydrogens (primary N) is 1. The Hall–Kier alpha value is -2.30. The number of rotatable bonds is 3. The first-order valence-electron chi connectivity index (χ1n) is 5.72. The van der Waals surface area contributed by atoms with Crippen molar-refractivity contribution in [3.05, 3.63) is 46.0 Å². The van der Waals surface area contributed by atoms with E-state index in [9.17, 15) is 4.79 Å². The van der Waals surface area contributed by atoms with Gasteiger partial charge in [-0.1, -0.05) is 13.0 Å². The molecule has 0 saturated carbocycles. The average Bonchev–Trinajstić information content (AvgIpc) is 2.32. The summed E-state index contributed by atoms with van der Waals surface area (Å²) in [7, 11) is 0. The molecule has 0 amide bonds. The molecule has 94 valence electrons. The summed E-state index contributed by atoms with van der Waals surface area (Å²) < 4.78 is 5.53. The summed E-state index contributed by atoms with van der Waals surface area (Å²) in [5.41, 5.74) is 7.18. The Morgan fingerprint density at radius 1 is 1.39 bits per heavy atom. The van der Waals surface area contributed by atoms with E-state index in [0.29, 0.717) is 23.7 Å². The van der Waals surface area contributed by atoms with E-state index in [-0.39, 0.29) is 11.4 Å². The molecule has 0 atom stereocenters. The molecule has 3 N–H and O–H groups in total. The number of aromatic amines is 1. The molecule has 1 aromatic carbocycles. The maximum absolute atomic E-state index is 11.4. The molecule has 0 aliphatic heterocycles. The SMILES string of the molecule is CCc1nc(Oc2ccc(C)cc2N)cc(=O)[nH]1. The highest BCUT2D eigenvalue weighted by molar-refractivity contribution is 5.55. The summed E-state index contributed by atoms with van der Waals surface area (Å²) in [6.45, 7) is 3.85. The van der Waals surface area contributed by atoms with Crippen molar-refractivity contribution in [2.24, 2.45) is 0 Å². The number of ether oxygens (including phenoxy) is 1. The second kappa shape index (κ2) is 4.91. The van der Waals surface area contributed by atoms with Crippen molar-refractivity contribution < 1.29 is 4.74 Å². The number of nitrogens with one attached hydrogen (secondary N) is 1. The predicted molar refractivity (Wildman–Crippen MR) is 69.9 cm³/mol. The van der Waals surface area contributed by atoms with Crippen LogP contribution in [-0.2, 0) is 6.42 Å². The van der Waals surface area contributed by atoms with Crippen molar-refractivity contribution in [1.29, 1.82) is 0 Å². The summed E-state index contributed by atoms with van der Waals surface area (Å²) in [4.78, 5) is 18.2. The molecule has 18 heavy (non-hydrogen) atoms. The lowest BCUT2D eigenvalue weighted by Gasteiger charge is -2.08. The van der Waals surface area contributed by atoms with Gasteiger partial charge in [-0.2, -0.15) is 4.98 Å². The molecule has 0 aliphatic rings. The van der Waals surface area contributed by atoms with Crippen LogP contribution in [0.5, 0.6) is 11.6 Å². The third-order valence-corrected chi connectivity index (χ3v) is 2.48. The van der Waals surface area contributed by atoms with Gasteiger partial charge in [0.15, 0.2) is 5.75 Å². The van der Waals surface area contributed by atoms with Crippen molar-refractivity contribution in [2.45, 2.75) is 20.3 Å². The molecule has 0 unspecified atom stereocenters. The predicted octanol–water partition coefficient (Wildman–Crippen LogP) is 2.02. The molecule has 0 fully saturated rings. The zero-order chi connectivity index (χ0) is 13.1. The number of H-pyrrole nitrogens is 1. The lowest BCUT2D eigenvalue weighted by molar-refractivity contribution is 0.460. The molecule has 0 aliphatic carbocycles. The van der Waals surface area contributed by atoms with E-state index in [1.807, 2.05) is 26.0 Å². The third-order valence-electron chi connectivity index (χ3n) is 2.48. The Morgan fingerprint density at radius 2 is 2.17 bits per heavy atom. The first-order valence-corrected chi connectivity index (χ1v) is 5.72. The number of anilines is 1. The minimum absolute atomic E-state index is 0.234. The van der Waals surface area contributed by atoms with Gasteiger partial charge in [0, 0.05) is 6.42 Å². The summed E-state index contributed by atoms with van der Waals surface area (Å²) in [6, 6.07) is 6.76. The fourth-order valence-corrected chi connectivity index (χ4v) is 1.58. The molecule has 1 heterocycles. The fourth-order valence-electron chi connectivity index (χ4n) is 1.58. The van der Waals surface area contributed by atoms with E-state index in [1.54, 1.807) is 6.07 Å². The number of nitrogen functional groups attached to an aromatic ring is 1. The number of aryl methyl sites for hydroxylation is 2. The topological polar surface area (TPSA) is 81.0 Å². The van der Waals surface area contributed by atoms with E-state index in [4.69, 9.17) is 10.5 Å². The maximum atomic E-state index is 11.4. The number of nitrogens with zero attached hydrogens (tertiary/aromatic N) is 1. The van der Waals surface area contributed by atoms with Gasteiger partial charge in [-0.3, -0.25) is 4.79 Å². The molecule has 0 radical (unpaired) electrons. The second-order valence-electron chi connectivity index (χ2n) is 4.03. The van der Waals surface area contributed by atoms with Crippen molar-refractivity contribution >= 4 is 5.69 Å². The highest BCUT2D eigenvalue weighted by Crippen LogP contribution is 2.26. The molecule has 2 aromatic rings. The van der Waals surface area contributed by atoms with Gasteiger partial charge >= 0.3 is 0 Å². The Kier molecular flexibility index (Phi) is 3.32. The smallest absolute Gasteiger partial charge is 0.254 e. The van der Waals surface area contributed by atoms with Crippen molar-refractivity contribution in [3.8, 4) is 11.6 Å². The average molecular weight is 245 g/mol. The molecule has 5 heteroatoms. The van der Waals surface area contributed by atoms with Gasteiger partial charge in [-0.15, -0.1) is 0 Å². The number of benzene rings is 1. The minimum atomic E-state index is -0.234. The third kappa shape index (κ3) is 2.68. The van der Waals surface area contributed by atoms with Crippen LogP contribution in [0.1, 0.15) is 18.3 Å². The molecule has 0 saturated heterocycles. The van der Waals surface area contributed by atoms with Crippen LogP contribution in [0.4, 0.5) is 5.69 Å². The quantitative estimate of drug-likeness (QED) is 0.810. The normalized spacial score (nSPS) is 10.3. The van der Waals surface area contributed by atoms with E-state index in [2.05, 4.69) is 9.97 Å². The van der Waals surface area contributed by atoms with E-state index in [0.717, 1.165) is 5.56 Å². The zero-order valence-electron chi connectivity index (χ0n) is 10.4. The van der Waals surface area contributed by atoms with Gasteiger partial charge in [-0.05, 0) is 24.6 Å². The van der Waals surface area contributed by atoms with Crippen LogP contribution in [0.15, 0.2) is 29.1 Å². The molecular formula is C13H15N3O2. The summed E-state index contributed by atoms with van der Waals surface area (Å²) >= 11 is 0. The minimum Gasteiger partial charge on any atom is -0.437 e. The van der Waals surface area contributed by atoms with E-state index >= 15 is 0 Å². The first-order chi connectivity index (χ1) is 8.58. The van der Waals surface area contributed by atoms with Crippen LogP contribution in [0, 0.1) is 6.92 Å². The lowest BCUT2D eigenvalue weighted by atomic mass is 10.2. The maximum Gasteiger partial charge on any atom is 0.254 e. The number of hydrogen-bond acceptors (Lipinski definition) is 4. The standard InChI is InChI=1S/C13H15N3O2/c1-3-11-15-12(17)7-13(16-11)18-10-5-4-8(2)6-9(10)14/h4-7H,3,14H2,1-2H3,(H,15,16,17). The largest absolute Gasteiger partial charge is 0.437 e. The molecule has 1 aromatic heterocycles. The van der Waals surface area contributed by atoms with Gasteiger partial charge in [0.25, 0.3) is 5.56 Å². The van der Waals surface area contributed by atoms with Crippen molar-refractivity contribution in [2.75, 3.05) is 5.73 Å². The Balaban J connectivity index is 2.33. The van der Waals surface area contributed by atoms with Crippen LogP contribution < -0.4 is 16.0 Å². The van der Waals surface area contributed by atoms with Gasteiger partial charge in [-0.25, -0.2) is 0 Å². The van der Waals surface area contributed by atoms with Crippen LogP contribution in [0.25, 0.3) is 0 Å².